The average molecular weight is 142 g/mol. The molecule has 0 saturated heterocycles. The Bertz CT molecular complexity index is 78.7. The highest BCUT2D eigenvalue weighted by Gasteiger charge is 2.06. The van der Waals surface area contributed by atoms with Crippen molar-refractivity contribution < 1.29 is 5.11 Å². The van der Waals surface area contributed by atoms with Crippen LogP contribution >= 0.6 is 0 Å². The van der Waals surface area contributed by atoms with Gasteiger partial charge in [0.2, 0.25) is 0 Å². The molecular formula is C9H18O. The fraction of sp³-hybridized carbons (Fsp3) is 0.778. The third-order valence-corrected chi connectivity index (χ3v) is 1.80. The first-order valence-electron chi connectivity index (χ1n) is 4.03. The maximum Gasteiger partial charge on any atom is 0.0319 e. The van der Waals surface area contributed by atoms with Crippen LogP contribution in [0.4, 0.5) is 0 Å². The molecule has 0 atom stereocenters. The summed E-state index contributed by atoms with van der Waals surface area (Å²) in [4.78, 5) is 0. The summed E-state index contributed by atoms with van der Waals surface area (Å²) in [6, 6.07) is 0. The second-order valence-electron chi connectivity index (χ2n) is 2.60. The molecule has 0 radical (unpaired) electrons. The number of hydrogen-bond donors (Lipinski definition) is 1. The normalized spacial score (nSPS) is 16.7. The van der Waals surface area contributed by atoms with E-state index < -0.39 is 0 Å². The molecule has 1 aliphatic carbocycles. The zero-order chi connectivity index (χ0) is 7.82. The molecule has 1 heteroatoms. The fourth-order valence-corrected chi connectivity index (χ4v) is 1.32. The summed E-state index contributed by atoms with van der Waals surface area (Å²) >= 11 is 0. The maximum absolute atomic E-state index is 7.00. The Hall–Kier alpha value is -0.300. The van der Waals surface area contributed by atoms with Crippen LogP contribution in [0.25, 0.3) is 0 Å². The van der Waals surface area contributed by atoms with Crippen molar-refractivity contribution in [3.05, 3.63) is 12.2 Å². The molecule has 0 fully saturated rings. The SMILES string of the molecule is CCCC1CC=CC1.CO. The lowest BCUT2D eigenvalue weighted by atomic mass is 10.0. The second kappa shape index (κ2) is 6.81. The summed E-state index contributed by atoms with van der Waals surface area (Å²) in [5, 5.41) is 7.00. The average Bonchev–Trinajstić information content (AvgIpc) is 2.46. The van der Waals surface area contributed by atoms with Gasteiger partial charge < -0.3 is 5.11 Å². The number of aliphatic hydroxyl groups is 1. The van der Waals surface area contributed by atoms with E-state index in [0.29, 0.717) is 0 Å². The molecule has 1 N–H and O–H groups in total. The predicted octanol–water partition coefficient (Wildman–Crippen LogP) is 2.36. The highest BCUT2D eigenvalue weighted by Crippen LogP contribution is 2.21. The van der Waals surface area contributed by atoms with Gasteiger partial charge >= 0.3 is 0 Å². The van der Waals surface area contributed by atoms with Crippen LogP contribution in [-0.2, 0) is 0 Å². The Labute approximate surface area is 63.8 Å². The van der Waals surface area contributed by atoms with Crippen LogP contribution in [0.15, 0.2) is 12.2 Å². The highest BCUT2D eigenvalue weighted by atomic mass is 16.2. The summed E-state index contributed by atoms with van der Waals surface area (Å²) in [6.07, 6.45) is 10.1. The Morgan fingerprint density at radius 2 is 1.80 bits per heavy atom. The molecule has 0 aromatic heterocycles. The highest BCUT2D eigenvalue weighted by molar-refractivity contribution is 4.93. The van der Waals surface area contributed by atoms with E-state index in [-0.39, 0.29) is 0 Å². The Balaban J connectivity index is 0.000000371. The molecule has 1 rings (SSSR count). The van der Waals surface area contributed by atoms with Crippen molar-refractivity contribution in [2.24, 2.45) is 5.92 Å². The van der Waals surface area contributed by atoms with Crippen LogP contribution in [0, 0.1) is 5.92 Å². The minimum atomic E-state index is 1.000. The molecule has 0 aliphatic heterocycles. The van der Waals surface area contributed by atoms with Crippen molar-refractivity contribution >= 4 is 0 Å². The Morgan fingerprint density at radius 1 is 1.30 bits per heavy atom. The lowest BCUT2D eigenvalue weighted by Crippen LogP contribution is -1.90. The molecule has 0 unspecified atom stereocenters. The number of allylic oxidation sites excluding steroid dienone is 2. The van der Waals surface area contributed by atoms with Gasteiger partial charge in [0.25, 0.3) is 0 Å². The summed E-state index contributed by atoms with van der Waals surface area (Å²) in [7, 11) is 1.00. The number of rotatable bonds is 2. The van der Waals surface area contributed by atoms with Gasteiger partial charge in [-0.05, 0) is 18.8 Å². The molecule has 60 valence electrons. The zero-order valence-electron chi connectivity index (χ0n) is 7.01. The van der Waals surface area contributed by atoms with E-state index in [1.165, 1.54) is 25.7 Å². The monoisotopic (exact) mass is 142 g/mol. The molecule has 1 nitrogen and oxygen atoms in total. The Kier molecular flexibility index (Phi) is 6.61. The molecular weight excluding hydrogens is 124 g/mol. The first kappa shape index (κ1) is 9.70. The minimum Gasteiger partial charge on any atom is -0.400 e. The van der Waals surface area contributed by atoms with Crippen LogP contribution in [0.5, 0.6) is 0 Å². The van der Waals surface area contributed by atoms with Crippen molar-refractivity contribution in [3.8, 4) is 0 Å². The predicted molar refractivity (Wildman–Crippen MR) is 44.9 cm³/mol. The molecule has 0 aromatic carbocycles. The van der Waals surface area contributed by atoms with Crippen LogP contribution < -0.4 is 0 Å². The van der Waals surface area contributed by atoms with Crippen LogP contribution in [0.2, 0.25) is 0 Å². The fourth-order valence-electron chi connectivity index (χ4n) is 1.32. The van der Waals surface area contributed by atoms with E-state index in [9.17, 15) is 0 Å². The minimum absolute atomic E-state index is 1.000. The first-order chi connectivity index (χ1) is 4.93. The van der Waals surface area contributed by atoms with Gasteiger partial charge in [-0.15, -0.1) is 0 Å². The van der Waals surface area contributed by atoms with Gasteiger partial charge in [-0.3, -0.25) is 0 Å². The summed E-state index contributed by atoms with van der Waals surface area (Å²) in [6.45, 7) is 2.26. The van der Waals surface area contributed by atoms with Gasteiger partial charge in [0.05, 0.1) is 0 Å². The van der Waals surface area contributed by atoms with Crippen molar-refractivity contribution in [3.63, 3.8) is 0 Å². The van der Waals surface area contributed by atoms with Crippen molar-refractivity contribution in [2.75, 3.05) is 7.11 Å². The third-order valence-electron chi connectivity index (χ3n) is 1.80. The molecule has 0 saturated carbocycles. The van der Waals surface area contributed by atoms with Crippen molar-refractivity contribution in [1.82, 2.24) is 0 Å². The molecule has 0 amide bonds. The third kappa shape index (κ3) is 3.67. The number of aliphatic hydroxyl groups excluding tert-OH is 1. The zero-order valence-corrected chi connectivity index (χ0v) is 7.01. The second-order valence-corrected chi connectivity index (χ2v) is 2.60. The largest absolute Gasteiger partial charge is 0.400 e. The Morgan fingerprint density at radius 3 is 2.20 bits per heavy atom. The van der Waals surface area contributed by atoms with E-state index in [0.717, 1.165) is 13.0 Å². The lowest BCUT2D eigenvalue weighted by Gasteiger charge is -2.03. The molecule has 0 heterocycles. The van der Waals surface area contributed by atoms with Gasteiger partial charge in [0, 0.05) is 7.11 Å². The summed E-state index contributed by atoms with van der Waals surface area (Å²) < 4.78 is 0. The van der Waals surface area contributed by atoms with Crippen molar-refractivity contribution in [1.29, 1.82) is 0 Å². The van der Waals surface area contributed by atoms with Gasteiger partial charge in [-0.25, -0.2) is 0 Å². The summed E-state index contributed by atoms with van der Waals surface area (Å²) in [5.41, 5.74) is 0. The maximum atomic E-state index is 7.00. The standard InChI is InChI=1S/C8H14.CH4O/c1-2-5-8-6-3-4-7-8;1-2/h3-4,8H,2,5-7H2,1H3;2H,1H3. The molecule has 0 bridgehead atoms. The topological polar surface area (TPSA) is 20.2 Å². The number of hydrogen-bond acceptors (Lipinski definition) is 1. The van der Waals surface area contributed by atoms with Gasteiger partial charge in [-0.1, -0.05) is 31.9 Å². The van der Waals surface area contributed by atoms with Gasteiger partial charge in [-0.2, -0.15) is 0 Å². The molecule has 0 spiro atoms. The van der Waals surface area contributed by atoms with E-state index in [4.69, 9.17) is 5.11 Å². The van der Waals surface area contributed by atoms with E-state index in [1.807, 2.05) is 0 Å². The lowest BCUT2D eigenvalue weighted by molar-refractivity contribution is 0.399. The van der Waals surface area contributed by atoms with E-state index >= 15 is 0 Å². The van der Waals surface area contributed by atoms with E-state index in [2.05, 4.69) is 19.1 Å². The van der Waals surface area contributed by atoms with E-state index in [1.54, 1.807) is 0 Å². The van der Waals surface area contributed by atoms with Crippen molar-refractivity contribution in [2.45, 2.75) is 32.6 Å². The van der Waals surface area contributed by atoms with Gasteiger partial charge in [0.1, 0.15) is 0 Å². The smallest absolute Gasteiger partial charge is 0.0319 e. The molecule has 10 heavy (non-hydrogen) atoms. The van der Waals surface area contributed by atoms with Crippen LogP contribution in [-0.4, -0.2) is 12.2 Å². The summed E-state index contributed by atoms with van der Waals surface area (Å²) in [5.74, 6) is 1.000. The molecule has 0 aromatic rings. The van der Waals surface area contributed by atoms with Crippen LogP contribution in [0.3, 0.4) is 0 Å². The molecule has 1 aliphatic rings. The quantitative estimate of drug-likeness (QED) is 0.587. The van der Waals surface area contributed by atoms with Crippen LogP contribution in [0.1, 0.15) is 32.6 Å². The van der Waals surface area contributed by atoms with Gasteiger partial charge in [0.15, 0.2) is 0 Å². The first-order valence-corrected chi connectivity index (χ1v) is 4.03.